The lowest BCUT2D eigenvalue weighted by Crippen LogP contribution is -1.98. The second-order valence-corrected chi connectivity index (χ2v) is 3.64. The van der Waals surface area contributed by atoms with Crippen LogP contribution in [0.1, 0.15) is 18.4 Å². The van der Waals surface area contributed by atoms with Crippen molar-refractivity contribution in [3.05, 3.63) is 35.7 Å². The van der Waals surface area contributed by atoms with Gasteiger partial charge < -0.3 is 10.5 Å². The van der Waals surface area contributed by atoms with Crippen LogP contribution < -0.4 is 10.5 Å². The molecule has 80 valence electrons. The van der Waals surface area contributed by atoms with Crippen molar-refractivity contribution in [2.45, 2.75) is 18.9 Å². The summed E-state index contributed by atoms with van der Waals surface area (Å²) in [7, 11) is 0. The highest BCUT2D eigenvalue weighted by Gasteiger charge is 2.24. The van der Waals surface area contributed by atoms with E-state index in [-0.39, 0.29) is 5.82 Å². The summed E-state index contributed by atoms with van der Waals surface area (Å²) in [4.78, 5) is 0. The molecule has 0 aliphatic heterocycles. The third kappa shape index (κ3) is 2.80. The summed E-state index contributed by atoms with van der Waals surface area (Å²) in [5, 5.41) is 0. The summed E-state index contributed by atoms with van der Waals surface area (Å²) in [6.45, 7) is 0.444. The summed E-state index contributed by atoms with van der Waals surface area (Å²) >= 11 is 0. The Balaban J connectivity index is 2.21. The Morgan fingerprint density at radius 3 is 2.93 bits per heavy atom. The van der Waals surface area contributed by atoms with Gasteiger partial charge in [0.25, 0.3) is 0 Å². The molecule has 1 aliphatic carbocycles. The molecule has 1 aromatic rings. The van der Waals surface area contributed by atoms with Crippen molar-refractivity contribution in [2.75, 3.05) is 6.54 Å². The molecule has 2 N–H and O–H groups in total. The quantitative estimate of drug-likeness (QED) is 0.822. The average molecular weight is 207 g/mol. The Morgan fingerprint density at radius 2 is 2.27 bits per heavy atom. The number of hydrogen-bond acceptors (Lipinski definition) is 2. The van der Waals surface area contributed by atoms with Crippen LogP contribution in [0.5, 0.6) is 5.75 Å². The monoisotopic (exact) mass is 207 g/mol. The van der Waals surface area contributed by atoms with E-state index in [9.17, 15) is 4.39 Å². The third-order valence-corrected chi connectivity index (χ3v) is 2.22. The summed E-state index contributed by atoms with van der Waals surface area (Å²) in [6.07, 6.45) is 6.09. The van der Waals surface area contributed by atoms with Crippen LogP contribution in [0.15, 0.2) is 24.3 Å². The Hall–Kier alpha value is -1.35. The molecule has 0 aromatic heterocycles. The zero-order valence-corrected chi connectivity index (χ0v) is 8.45. The molecule has 3 heteroatoms. The molecule has 0 amide bonds. The molecule has 2 rings (SSSR count). The molecular weight excluding hydrogens is 193 g/mol. The molecule has 0 atom stereocenters. The zero-order valence-electron chi connectivity index (χ0n) is 8.45. The fraction of sp³-hybridized carbons (Fsp3) is 0.333. The Kier molecular flexibility index (Phi) is 3.02. The predicted octanol–water partition coefficient (Wildman–Crippen LogP) is 2.34. The van der Waals surface area contributed by atoms with Crippen LogP contribution in [-0.2, 0) is 0 Å². The molecule has 15 heavy (non-hydrogen) atoms. The highest BCUT2D eigenvalue weighted by molar-refractivity contribution is 5.57. The molecule has 1 saturated carbocycles. The van der Waals surface area contributed by atoms with Crippen molar-refractivity contribution in [1.82, 2.24) is 0 Å². The average Bonchev–Trinajstić information content (AvgIpc) is 3.02. The maximum atomic E-state index is 13.0. The Bertz CT molecular complexity index is 372. The first-order valence-corrected chi connectivity index (χ1v) is 5.12. The largest absolute Gasteiger partial charge is 0.490 e. The Labute approximate surface area is 88.5 Å². The molecule has 1 aromatic carbocycles. The molecule has 1 fully saturated rings. The second kappa shape index (κ2) is 4.45. The van der Waals surface area contributed by atoms with Crippen molar-refractivity contribution >= 4 is 6.08 Å². The van der Waals surface area contributed by atoms with Gasteiger partial charge in [-0.25, -0.2) is 4.39 Å². The van der Waals surface area contributed by atoms with Crippen molar-refractivity contribution in [1.29, 1.82) is 0 Å². The molecule has 0 spiro atoms. The van der Waals surface area contributed by atoms with Gasteiger partial charge in [-0.2, -0.15) is 0 Å². The van der Waals surface area contributed by atoms with Gasteiger partial charge in [0, 0.05) is 12.1 Å². The normalized spacial score (nSPS) is 15.9. The molecular formula is C12H14FNO. The highest BCUT2D eigenvalue weighted by Crippen LogP contribution is 2.30. The fourth-order valence-electron chi connectivity index (χ4n) is 1.32. The van der Waals surface area contributed by atoms with Gasteiger partial charge in [-0.15, -0.1) is 0 Å². The summed E-state index contributed by atoms with van der Waals surface area (Å²) in [6, 6.07) is 4.55. The molecule has 1 aliphatic rings. The van der Waals surface area contributed by atoms with Crippen LogP contribution >= 0.6 is 0 Å². The Morgan fingerprint density at radius 1 is 1.47 bits per heavy atom. The second-order valence-electron chi connectivity index (χ2n) is 3.64. The van der Waals surface area contributed by atoms with E-state index in [0.29, 0.717) is 12.6 Å². The number of hydrogen-bond donors (Lipinski definition) is 1. The predicted molar refractivity (Wildman–Crippen MR) is 58.1 cm³/mol. The standard InChI is InChI=1S/C12H14FNO/c13-10-3-6-12(15-11-4-5-11)9(8-10)2-1-7-14/h1-3,6,8,11H,4-5,7,14H2/b2-1+. The minimum absolute atomic E-state index is 0.255. The van der Waals surface area contributed by atoms with E-state index in [2.05, 4.69) is 0 Å². The first-order valence-electron chi connectivity index (χ1n) is 5.12. The zero-order chi connectivity index (χ0) is 10.7. The maximum Gasteiger partial charge on any atom is 0.127 e. The molecule has 0 saturated heterocycles. The number of halogens is 1. The van der Waals surface area contributed by atoms with Crippen LogP contribution in [-0.4, -0.2) is 12.6 Å². The van der Waals surface area contributed by atoms with Crippen LogP contribution in [0.3, 0.4) is 0 Å². The van der Waals surface area contributed by atoms with Crippen LogP contribution in [0, 0.1) is 5.82 Å². The van der Waals surface area contributed by atoms with E-state index >= 15 is 0 Å². The van der Waals surface area contributed by atoms with E-state index in [1.807, 2.05) is 0 Å². The van der Waals surface area contributed by atoms with Crippen molar-refractivity contribution in [2.24, 2.45) is 5.73 Å². The number of ether oxygens (including phenoxy) is 1. The van der Waals surface area contributed by atoms with Gasteiger partial charge in [-0.1, -0.05) is 12.2 Å². The van der Waals surface area contributed by atoms with Crippen molar-refractivity contribution in [3.8, 4) is 5.75 Å². The fourth-order valence-corrected chi connectivity index (χ4v) is 1.32. The van der Waals surface area contributed by atoms with Crippen molar-refractivity contribution in [3.63, 3.8) is 0 Å². The number of nitrogens with two attached hydrogens (primary N) is 1. The van der Waals surface area contributed by atoms with Crippen LogP contribution in [0.2, 0.25) is 0 Å². The van der Waals surface area contributed by atoms with E-state index in [0.717, 1.165) is 24.2 Å². The van der Waals surface area contributed by atoms with Gasteiger partial charge in [0.1, 0.15) is 11.6 Å². The molecule has 0 unspecified atom stereocenters. The van der Waals surface area contributed by atoms with Gasteiger partial charge in [-0.3, -0.25) is 0 Å². The first-order chi connectivity index (χ1) is 7.29. The molecule has 0 heterocycles. The van der Waals surface area contributed by atoms with Gasteiger partial charge in [-0.05, 0) is 31.0 Å². The minimum atomic E-state index is -0.255. The number of rotatable bonds is 4. The van der Waals surface area contributed by atoms with Crippen molar-refractivity contribution < 1.29 is 9.13 Å². The SMILES string of the molecule is NC/C=C/c1cc(F)ccc1OC1CC1. The smallest absolute Gasteiger partial charge is 0.127 e. The summed E-state index contributed by atoms with van der Waals surface area (Å²) in [5.74, 6) is 0.485. The first kappa shape index (κ1) is 10.2. The summed E-state index contributed by atoms with van der Waals surface area (Å²) in [5.41, 5.74) is 6.11. The van der Waals surface area contributed by atoms with E-state index in [1.165, 1.54) is 12.1 Å². The van der Waals surface area contributed by atoms with Gasteiger partial charge >= 0.3 is 0 Å². The third-order valence-electron chi connectivity index (χ3n) is 2.22. The summed E-state index contributed by atoms with van der Waals surface area (Å²) < 4.78 is 18.7. The van der Waals surface area contributed by atoms with Gasteiger partial charge in [0.2, 0.25) is 0 Å². The highest BCUT2D eigenvalue weighted by atomic mass is 19.1. The molecule has 0 bridgehead atoms. The number of benzene rings is 1. The lowest BCUT2D eigenvalue weighted by Gasteiger charge is -2.07. The topological polar surface area (TPSA) is 35.2 Å². The van der Waals surface area contributed by atoms with Gasteiger partial charge in [0.15, 0.2) is 0 Å². The molecule has 2 nitrogen and oxygen atoms in total. The van der Waals surface area contributed by atoms with E-state index in [1.54, 1.807) is 18.2 Å². The van der Waals surface area contributed by atoms with Crippen LogP contribution in [0.4, 0.5) is 4.39 Å². The lowest BCUT2D eigenvalue weighted by molar-refractivity contribution is 0.302. The maximum absolute atomic E-state index is 13.0. The van der Waals surface area contributed by atoms with E-state index < -0.39 is 0 Å². The molecule has 0 radical (unpaired) electrons. The van der Waals surface area contributed by atoms with E-state index in [4.69, 9.17) is 10.5 Å². The van der Waals surface area contributed by atoms with Gasteiger partial charge in [0.05, 0.1) is 6.10 Å². The minimum Gasteiger partial charge on any atom is -0.490 e. The lowest BCUT2D eigenvalue weighted by atomic mass is 10.2. The van der Waals surface area contributed by atoms with Crippen LogP contribution in [0.25, 0.3) is 6.08 Å².